The Labute approximate surface area is 139 Å². The van der Waals surface area contributed by atoms with Crippen molar-refractivity contribution >= 4 is 0 Å². The number of hydrogen-bond donors (Lipinski definition) is 2. The summed E-state index contributed by atoms with van der Waals surface area (Å²) in [6.45, 7) is 7.86. The summed E-state index contributed by atoms with van der Waals surface area (Å²) in [5, 5.41) is 19.2. The lowest BCUT2D eigenvalue weighted by atomic mass is 10.1. The molecule has 0 amide bonds. The monoisotopic (exact) mass is 322 g/mol. The molecule has 1 saturated heterocycles. The molecule has 0 saturated carbocycles. The Kier molecular flexibility index (Phi) is 7.99. The minimum atomic E-state index is -0.461. The number of nitrogens with zero attached hydrogens (tertiary/aromatic N) is 2. The van der Waals surface area contributed by atoms with Crippen molar-refractivity contribution in [1.82, 2.24) is 9.80 Å². The van der Waals surface area contributed by atoms with Gasteiger partial charge in [-0.15, -0.1) is 0 Å². The smallest absolute Gasteiger partial charge is 0.0900 e. The molecule has 1 aliphatic heterocycles. The van der Waals surface area contributed by atoms with E-state index in [2.05, 4.69) is 28.9 Å². The van der Waals surface area contributed by atoms with E-state index in [1.165, 1.54) is 5.56 Å². The highest BCUT2D eigenvalue weighted by Gasteiger charge is 2.19. The van der Waals surface area contributed by atoms with Crippen LogP contribution in [0.2, 0.25) is 0 Å². The maximum Gasteiger partial charge on any atom is 0.0900 e. The zero-order valence-corrected chi connectivity index (χ0v) is 14.1. The molecule has 0 spiro atoms. The molecule has 5 heteroatoms. The highest BCUT2D eigenvalue weighted by atomic mass is 16.5. The summed E-state index contributed by atoms with van der Waals surface area (Å²) in [5.74, 6) is 0. The van der Waals surface area contributed by atoms with Gasteiger partial charge in [0.05, 0.1) is 25.4 Å². The average Bonchev–Trinajstić information content (AvgIpc) is 2.58. The zero-order valence-electron chi connectivity index (χ0n) is 14.1. The molecule has 0 radical (unpaired) electrons. The van der Waals surface area contributed by atoms with Crippen LogP contribution in [-0.2, 0) is 4.74 Å². The molecule has 0 bridgehead atoms. The Morgan fingerprint density at radius 1 is 1.09 bits per heavy atom. The first-order valence-electron chi connectivity index (χ1n) is 8.63. The number of aliphatic hydroxyl groups excluding tert-OH is 2. The standard InChI is InChI=1S/C18H30N2O3/c1-2-18(16-6-4-3-5-7-16)23-15-17(22)14-20-10-8-19(9-11-20)12-13-21/h3-7,17-18,21-22H,2,8-15H2,1H3/t17-,18+/m0/s1. The van der Waals surface area contributed by atoms with Gasteiger partial charge in [0.2, 0.25) is 0 Å². The third kappa shape index (κ3) is 6.20. The molecular weight excluding hydrogens is 292 g/mol. The van der Waals surface area contributed by atoms with Gasteiger partial charge in [0.15, 0.2) is 0 Å². The van der Waals surface area contributed by atoms with Crippen LogP contribution in [0.1, 0.15) is 25.0 Å². The van der Waals surface area contributed by atoms with Crippen molar-refractivity contribution in [3.63, 3.8) is 0 Å². The van der Waals surface area contributed by atoms with Gasteiger partial charge in [-0.1, -0.05) is 37.3 Å². The molecule has 1 fully saturated rings. The van der Waals surface area contributed by atoms with Crippen LogP contribution in [0.15, 0.2) is 30.3 Å². The van der Waals surface area contributed by atoms with Crippen LogP contribution in [-0.4, -0.2) is 78.6 Å². The molecular formula is C18H30N2O3. The van der Waals surface area contributed by atoms with Gasteiger partial charge in [-0.2, -0.15) is 0 Å². The van der Waals surface area contributed by atoms with Crippen molar-refractivity contribution in [2.75, 3.05) is 52.5 Å². The summed E-state index contributed by atoms with van der Waals surface area (Å²) in [6.07, 6.45) is 0.487. The van der Waals surface area contributed by atoms with Crippen molar-refractivity contribution in [3.8, 4) is 0 Å². The van der Waals surface area contributed by atoms with Crippen molar-refractivity contribution in [1.29, 1.82) is 0 Å². The first kappa shape index (κ1) is 18.4. The minimum Gasteiger partial charge on any atom is -0.395 e. The minimum absolute atomic E-state index is 0.0484. The van der Waals surface area contributed by atoms with Gasteiger partial charge >= 0.3 is 0 Å². The molecule has 1 aromatic rings. The van der Waals surface area contributed by atoms with Crippen molar-refractivity contribution in [2.45, 2.75) is 25.6 Å². The van der Waals surface area contributed by atoms with E-state index in [4.69, 9.17) is 9.84 Å². The Hall–Kier alpha value is -0.980. The van der Waals surface area contributed by atoms with E-state index in [9.17, 15) is 5.11 Å². The van der Waals surface area contributed by atoms with Gasteiger partial charge in [-0.3, -0.25) is 9.80 Å². The van der Waals surface area contributed by atoms with Gasteiger partial charge in [0, 0.05) is 39.3 Å². The topological polar surface area (TPSA) is 56.2 Å². The summed E-state index contributed by atoms with van der Waals surface area (Å²) >= 11 is 0. The summed E-state index contributed by atoms with van der Waals surface area (Å²) in [4.78, 5) is 4.52. The summed E-state index contributed by atoms with van der Waals surface area (Å²) < 4.78 is 5.92. The second-order valence-electron chi connectivity index (χ2n) is 6.16. The van der Waals surface area contributed by atoms with Crippen molar-refractivity contribution in [3.05, 3.63) is 35.9 Å². The number of hydrogen-bond acceptors (Lipinski definition) is 5. The van der Waals surface area contributed by atoms with Crippen LogP contribution in [0.3, 0.4) is 0 Å². The van der Waals surface area contributed by atoms with Crippen LogP contribution in [0.4, 0.5) is 0 Å². The second-order valence-corrected chi connectivity index (χ2v) is 6.16. The third-order valence-electron chi connectivity index (χ3n) is 4.38. The van der Waals surface area contributed by atoms with Crippen LogP contribution in [0, 0.1) is 0 Å². The van der Waals surface area contributed by atoms with E-state index in [1.807, 2.05) is 18.2 Å². The largest absolute Gasteiger partial charge is 0.395 e. The van der Waals surface area contributed by atoms with E-state index in [0.717, 1.165) is 39.1 Å². The van der Waals surface area contributed by atoms with Crippen molar-refractivity contribution in [2.24, 2.45) is 0 Å². The molecule has 130 valence electrons. The number of benzene rings is 1. The van der Waals surface area contributed by atoms with E-state index < -0.39 is 6.10 Å². The average molecular weight is 322 g/mol. The molecule has 1 aromatic carbocycles. The SMILES string of the molecule is CC[C@@H](OC[C@@H](O)CN1CCN(CCO)CC1)c1ccccc1. The van der Waals surface area contributed by atoms with E-state index in [1.54, 1.807) is 0 Å². The summed E-state index contributed by atoms with van der Waals surface area (Å²) in [6, 6.07) is 10.2. The maximum absolute atomic E-state index is 10.2. The zero-order chi connectivity index (χ0) is 16.5. The fourth-order valence-corrected chi connectivity index (χ4v) is 3.03. The number of piperazine rings is 1. The van der Waals surface area contributed by atoms with Gasteiger partial charge in [-0.05, 0) is 12.0 Å². The molecule has 0 aliphatic carbocycles. The highest BCUT2D eigenvalue weighted by Crippen LogP contribution is 2.20. The number of ether oxygens (including phenoxy) is 1. The Balaban J connectivity index is 1.69. The van der Waals surface area contributed by atoms with Gasteiger partial charge in [0.25, 0.3) is 0 Å². The fraction of sp³-hybridized carbons (Fsp3) is 0.667. The van der Waals surface area contributed by atoms with Gasteiger partial charge in [0.1, 0.15) is 0 Å². The number of aliphatic hydroxyl groups is 2. The Morgan fingerprint density at radius 2 is 1.74 bits per heavy atom. The predicted octanol–water partition coefficient (Wildman–Crippen LogP) is 1.13. The Morgan fingerprint density at radius 3 is 2.35 bits per heavy atom. The van der Waals surface area contributed by atoms with Crippen LogP contribution >= 0.6 is 0 Å². The number of β-amino-alcohol motifs (C(OH)–C–C–N with tert-alkyl or cyclic N) is 2. The normalized spacial score (nSPS) is 19.6. The molecule has 2 atom stereocenters. The third-order valence-corrected chi connectivity index (χ3v) is 4.38. The summed E-state index contributed by atoms with van der Waals surface area (Å²) in [5.41, 5.74) is 1.17. The maximum atomic E-state index is 10.2. The molecule has 1 heterocycles. The van der Waals surface area contributed by atoms with Gasteiger partial charge in [-0.25, -0.2) is 0 Å². The molecule has 0 unspecified atom stereocenters. The van der Waals surface area contributed by atoms with Gasteiger partial charge < -0.3 is 14.9 Å². The van der Waals surface area contributed by atoms with E-state index in [-0.39, 0.29) is 12.7 Å². The fourth-order valence-electron chi connectivity index (χ4n) is 3.03. The molecule has 2 N–H and O–H groups in total. The second kappa shape index (κ2) is 10.0. The Bertz CT molecular complexity index is 422. The molecule has 5 nitrogen and oxygen atoms in total. The van der Waals surface area contributed by atoms with Crippen LogP contribution < -0.4 is 0 Å². The van der Waals surface area contributed by atoms with E-state index >= 15 is 0 Å². The molecule has 23 heavy (non-hydrogen) atoms. The number of rotatable bonds is 9. The lowest BCUT2D eigenvalue weighted by molar-refractivity contribution is -0.0285. The van der Waals surface area contributed by atoms with Crippen LogP contribution in [0.25, 0.3) is 0 Å². The van der Waals surface area contributed by atoms with E-state index in [0.29, 0.717) is 13.2 Å². The van der Waals surface area contributed by atoms with Crippen molar-refractivity contribution < 1.29 is 14.9 Å². The first-order chi connectivity index (χ1) is 11.2. The highest BCUT2D eigenvalue weighted by molar-refractivity contribution is 5.17. The molecule has 1 aliphatic rings. The summed E-state index contributed by atoms with van der Waals surface area (Å²) in [7, 11) is 0. The van der Waals surface area contributed by atoms with Crippen LogP contribution in [0.5, 0.6) is 0 Å². The first-order valence-corrected chi connectivity index (χ1v) is 8.63. The predicted molar refractivity (Wildman–Crippen MR) is 91.4 cm³/mol. The molecule has 0 aromatic heterocycles. The quantitative estimate of drug-likeness (QED) is 0.714. The molecule has 2 rings (SSSR count). The lowest BCUT2D eigenvalue weighted by Crippen LogP contribution is -2.49. The lowest BCUT2D eigenvalue weighted by Gasteiger charge is -2.35.